The van der Waals surface area contributed by atoms with E-state index < -0.39 is 0 Å². The number of hydrogen-bond donors (Lipinski definition) is 0. The van der Waals surface area contributed by atoms with Crippen LogP contribution in [-0.2, 0) is 6.42 Å². The SMILES string of the molecule is c1ccc(Oc2cccc(Cc3nc(-c4ccncc4)cs3)c2)cc1. The molecule has 4 heteroatoms. The summed E-state index contributed by atoms with van der Waals surface area (Å²) in [6.07, 6.45) is 4.37. The molecular weight excluding hydrogens is 328 g/mol. The van der Waals surface area contributed by atoms with Gasteiger partial charge < -0.3 is 4.74 Å². The molecule has 2 aromatic heterocycles. The Kier molecular flexibility index (Phi) is 4.53. The topological polar surface area (TPSA) is 35.0 Å². The highest BCUT2D eigenvalue weighted by Gasteiger charge is 2.06. The maximum atomic E-state index is 5.91. The second-order valence-electron chi connectivity index (χ2n) is 5.60. The first-order valence-corrected chi connectivity index (χ1v) is 8.91. The van der Waals surface area contributed by atoms with Crippen molar-refractivity contribution in [3.05, 3.63) is 95.1 Å². The maximum Gasteiger partial charge on any atom is 0.127 e. The van der Waals surface area contributed by atoms with E-state index in [1.165, 1.54) is 5.56 Å². The largest absolute Gasteiger partial charge is 0.457 e. The number of ether oxygens (including phenoxy) is 1. The lowest BCUT2D eigenvalue weighted by atomic mass is 10.1. The average molecular weight is 344 g/mol. The van der Waals surface area contributed by atoms with Crippen LogP contribution in [0.1, 0.15) is 10.6 Å². The number of para-hydroxylation sites is 1. The van der Waals surface area contributed by atoms with Crippen LogP contribution in [0, 0.1) is 0 Å². The highest BCUT2D eigenvalue weighted by molar-refractivity contribution is 7.10. The fraction of sp³-hybridized carbons (Fsp3) is 0.0476. The highest BCUT2D eigenvalue weighted by Crippen LogP contribution is 2.25. The van der Waals surface area contributed by atoms with Crippen LogP contribution in [0.15, 0.2) is 84.5 Å². The van der Waals surface area contributed by atoms with Gasteiger partial charge in [0.1, 0.15) is 11.5 Å². The summed E-state index contributed by atoms with van der Waals surface area (Å²) in [5.41, 5.74) is 3.28. The molecule has 2 aromatic carbocycles. The highest BCUT2D eigenvalue weighted by atomic mass is 32.1. The maximum absolute atomic E-state index is 5.91. The van der Waals surface area contributed by atoms with E-state index in [-0.39, 0.29) is 0 Å². The number of aromatic nitrogens is 2. The monoisotopic (exact) mass is 344 g/mol. The normalized spacial score (nSPS) is 10.6. The van der Waals surface area contributed by atoms with Crippen LogP contribution < -0.4 is 4.74 Å². The van der Waals surface area contributed by atoms with Crippen molar-refractivity contribution in [3.8, 4) is 22.8 Å². The molecule has 0 radical (unpaired) electrons. The zero-order chi connectivity index (χ0) is 16.9. The van der Waals surface area contributed by atoms with Crippen LogP contribution in [0.3, 0.4) is 0 Å². The van der Waals surface area contributed by atoms with Crippen molar-refractivity contribution >= 4 is 11.3 Å². The Hall–Kier alpha value is -2.98. The number of benzene rings is 2. The van der Waals surface area contributed by atoms with Gasteiger partial charge in [0, 0.05) is 29.8 Å². The summed E-state index contributed by atoms with van der Waals surface area (Å²) in [6.45, 7) is 0. The zero-order valence-electron chi connectivity index (χ0n) is 13.5. The van der Waals surface area contributed by atoms with Crippen molar-refractivity contribution in [2.24, 2.45) is 0 Å². The molecule has 0 spiro atoms. The molecule has 0 saturated carbocycles. The van der Waals surface area contributed by atoms with Gasteiger partial charge in [0.2, 0.25) is 0 Å². The van der Waals surface area contributed by atoms with Gasteiger partial charge in [0.25, 0.3) is 0 Å². The molecule has 0 fully saturated rings. The van der Waals surface area contributed by atoms with Gasteiger partial charge in [-0.1, -0.05) is 30.3 Å². The minimum atomic E-state index is 0.793. The molecule has 0 aliphatic heterocycles. The Balaban J connectivity index is 1.50. The average Bonchev–Trinajstić information content (AvgIpc) is 3.12. The zero-order valence-corrected chi connectivity index (χ0v) is 14.3. The van der Waals surface area contributed by atoms with Gasteiger partial charge in [-0.3, -0.25) is 4.98 Å². The lowest BCUT2D eigenvalue weighted by Crippen LogP contribution is -1.90. The molecule has 0 aliphatic carbocycles. The number of pyridine rings is 1. The van der Waals surface area contributed by atoms with E-state index in [1.54, 1.807) is 23.7 Å². The minimum Gasteiger partial charge on any atom is -0.457 e. The summed E-state index contributed by atoms with van der Waals surface area (Å²) >= 11 is 1.68. The molecule has 25 heavy (non-hydrogen) atoms. The predicted octanol–water partition coefficient (Wildman–Crippen LogP) is 5.59. The Morgan fingerprint density at radius 2 is 1.64 bits per heavy atom. The van der Waals surface area contributed by atoms with Crippen LogP contribution in [0.5, 0.6) is 11.5 Å². The van der Waals surface area contributed by atoms with E-state index in [9.17, 15) is 0 Å². The third kappa shape index (κ3) is 3.92. The Morgan fingerprint density at radius 3 is 2.48 bits per heavy atom. The van der Waals surface area contributed by atoms with Gasteiger partial charge in [0.15, 0.2) is 0 Å². The van der Waals surface area contributed by atoms with Gasteiger partial charge in [-0.25, -0.2) is 4.98 Å². The molecule has 0 amide bonds. The Bertz CT molecular complexity index is 952. The third-order valence-electron chi connectivity index (χ3n) is 3.76. The summed E-state index contributed by atoms with van der Waals surface area (Å²) in [5.74, 6) is 1.68. The van der Waals surface area contributed by atoms with Gasteiger partial charge >= 0.3 is 0 Å². The molecule has 3 nitrogen and oxygen atoms in total. The number of hydrogen-bond acceptors (Lipinski definition) is 4. The summed E-state index contributed by atoms with van der Waals surface area (Å²) in [7, 11) is 0. The molecule has 4 aromatic rings. The van der Waals surface area contributed by atoms with Crippen LogP contribution >= 0.6 is 11.3 Å². The lowest BCUT2D eigenvalue weighted by Gasteiger charge is -2.07. The lowest BCUT2D eigenvalue weighted by molar-refractivity contribution is 0.482. The van der Waals surface area contributed by atoms with Crippen molar-refractivity contribution in [2.75, 3.05) is 0 Å². The van der Waals surface area contributed by atoms with Crippen LogP contribution in [0.25, 0.3) is 11.3 Å². The van der Waals surface area contributed by atoms with E-state index in [4.69, 9.17) is 9.72 Å². The first-order chi connectivity index (χ1) is 12.4. The number of rotatable bonds is 5. The summed E-state index contributed by atoms with van der Waals surface area (Å²) in [5, 5.41) is 3.18. The molecule has 0 unspecified atom stereocenters. The second-order valence-corrected chi connectivity index (χ2v) is 6.54. The van der Waals surface area contributed by atoms with Crippen molar-refractivity contribution in [2.45, 2.75) is 6.42 Å². The van der Waals surface area contributed by atoms with Crippen molar-refractivity contribution in [1.29, 1.82) is 0 Å². The van der Waals surface area contributed by atoms with E-state index in [0.717, 1.165) is 34.2 Å². The summed E-state index contributed by atoms with van der Waals surface area (Å²) in [4.78, 5) is 8.79. The fourth-order valence-corrected chi connectivity index (χ4v) is 3.40. The molecule has 4 rings (SSSR count). The van der Waals surface area contributed by atoms with E-state index >= 15 is 0 Å². The van der Waals surface area contributed by atoms with Gasteiger partial charge in [-0.05, 0) is 42.0 Å². The van der Waals surface area contributed by atoms with Crippen molar-refractivity contribution in [3.63, 3.8) is 0 Å². The predicted molar refractivity (Wildman–Crippen MR) is 101 cm³/mol. The van der Waals surface area contributed by atoms with E-state index in [1.807, 2.05) is 54.6 Å². The number of nitrogens with zero attached hydrogens (tertiary/aromatic N) is 2. The van der Waals surface area contributed by atoms with E-state index in [2.05, 4.69) is 22.5 Å². The molecule has 2 heterocycles. The molecule has 0 saturated heterocycles. The van der Waals surface area contributed by atoms with E-state index in [0.29, 0.717) is 0 Å². The first-order valence-electron chi connectivity index (χ1n) is 8.03. The standard InChI is InChI=1S/C21H16N2OS/c1-2-6-18(7-3-1)24-19-8-4-5-16(13-19)14-21-23-20(15-25-21)17-9-11-22-12-10-17/h1-13,15H,14H2. The molecule has 0 N–H and O–H groups in total. The first kappa shape index (κ1) is 15.5. The van der Waals surface area contributed by atoms with Crippen molar-refractivity contribution in [1.82, 2.24) is 9.97 Å². The van der Waals surface area contributed by atoms with Gasteiger partial charge in [-0.15, -0.1) is 11.3 Å². The smallest absolute Gasteiger partial charge is 0.127 e. The van der Waals surface area contributed by atoms with Crippen LogP contribution in [-0.4, -0.2) is 9.97 Å². The molecule has 0 aliphatic rings. The molecular formula is C21H16N2OS. The van der Waals surface area contributed by atoms with Gasteiger partial charge in [0.05, 0.1) is 10.7 Å². The fourth-order valence-electron chi connectivity index (χ4n) is 2.57. The summed E-state index contributed by atoms with van der Waals surface area (Å²) < 4.78 is 5.91. The van der Waals surface area contributed by atoms with Crippen LogP contribution in [0.4, 0.5) is 0 Å². The van der Waals surface area contributed by atoms with Crippen LogP contribution in [0.2, 0.25) is 0 Å². The Labute approximate surface area is 150 Å². The Morgan fingerprint density at radius 1 is 0.840 bits per heavy atom. The third-order valence-corrected chi connectivity index (χ3v) is 4.61. The van der Waals surface area contributed by atoms with Gasteiger partial charge in [-0.2, -0.15) is 0 Å². The van der Waals surface area contributed by atoms with Crippen molar-refractivity contribution < 1.29 is 4.74 Å². The quantitative estimate of drug-likeness (QED) is 0.473. The molecule has 122 valence electrons. The molecule has 0 bridgehead atoms. The molecule has 0 atom stereocenters. The number of thiazole rings is 1. The summed E-state index contributed by atoms with van der Waals surface area (Å²) in [6, 6.07) is 21.9. The second kappa shape index (κ2) is 7.28. The minimum absolute atomic E-state index is 0.793.